The van der Waals surface area contributed by atoms with Crippen molar-refractivity contribution < 1.29 is 49.5 Å². The molecule has 0 aromatic rings. The van der Waals surface area contributed by atoms with Crippen molar-refractivity contribution in [2.75, 3.05) is 6.61 Å². The molecule has 0 aliphatic carbocycles. The van der Waals surface area contributed by atoms with Gasteiger partial charge in [-0.25, -0.2) is 4.79 Å². The van der Waals surface area contributed by atoms with Crippen molar-refractivity contribution in [1.29, 1.82) is 0 Å². The highest BCUT2D eigenvalue weighted by Crippen LogP contribution is 2.02. The van der Waals surface area contributed by atoms with Crippen LogP contribution in [-0.2, 0) is 19.2 Å². The van der Waals surface area contributed by atoms with Crippen molar-refractivity contribution in [2.24, 2.45) is 0 Å². The summed E-state index contributed by atoms with van der Waals surface area (Å²) in [5, 5.41) is 46.7. The lowest BCUT2D eigenvalue weighted by molar-refractivity contribution is -0.146. The van der Waals surface area contributed by atoms with Crippen LogP contribution in [0.1, 0.15) is 0 Å². The first-order valence-corrected chi connectivity index (χ1v) is 5.64. The lowest BCUT2D eigenvalue weighted by atomic mass is 10.0. The Balaban J connectivity index is 0.000000406. The highest BCUT2D eigenvalue weighted by atomic mass is 16.4. The summed E-state index contributed by atoms with van der Waals surface area (Å²) in [7, 11) is 0. The number of amides is 4. The Bertz CT molecular complexity index is 443. The zero-order chi connectivity index (χ0) is 17.4. The van der Waals surface area contributed by atoms with Crippen LogP contribution in [0.25, 0.3) is 0 Å². The molecular formula is C10H14N2O10. The molecule has 12 heteroatoms. The van der Waals surface area contributed by atoms with Crippen molar-refractivity contribution >= 4 is 29.9 Å². The smallest absolute Gasteiger partial charge is 0.328 e. The summed E-state index contributed by atoms with van der Waals surface area (Å²) in [4.78, 5) is 50.9. The van der Waals surface area contributed by atoms with E-state index < -0.39 is 54.7 Å². The van der Waals surface area contributed by atoms with Crippen molar-refractivity contribution in [3.05, 3.63) is 0 Å². The molecule has 1 saturated heterocycles. The van der Waals surface area contributed by atoms with E-state index in [4.69, 9.17) is 25.5 Å². The van der Waals surface area contributed by atoms with Crippen LogP contribution < -0.4 is 10.6 Å². The number of imide groups is 2. The molecule has 1 aliphatic heterocycles. The highest BCUT2D eigenvalue weighted by Gasteiger charge is 2.31. The minimum Gasteiger partial charge on any atom is -0.394 e. The molecule has 12 nitrogen and oxygen atoms in total. The number of Topliss-reactive ketones (excluding diaryl/α,β-unsaturated/α-hetero) is 1. The summed E-state index contributed by atoms with van der Waals surface area (Å²) in [5.74, 6) is -3.62. The zero-order valence-corrected chi connectivity index (χ0v) is 10.9. The van der Waals surface area contributed by atoms with Crippen molar-refractivity contribution in [2.45, 2.75) is 24.4 Å². The summed E-state index contributed by atoms with van der Waals surface area (Å²) in [6, 6.07) is -0.963. The summed E-state index contributed by atoms with van der Waals surface area (Å²) < 4.78 is 0. The Kier molecular flexibility index (Phi) is 8.00. The average Bonchev–Trinajstić information content (AvgIpc) is 2.49. The quantitative estimate of drug-likeness (QED) is 0.188. The van der Waals surface area contributed by atoms with Crippen LogP contribution in [0.2, 0.25) is 0 Å². The first-order chi connectivity index (χ1) is 10.1. The van der Waals surface area contributed by atoms with Gasteiger partial charge in [-0.15, -0.1) is 0 Å². The molecule has 0 spiro atoms. The van der Waals surface area contributed by atoms with Crippen molar-refractivity contribution in [1.82, 2.24) is 10.6 Å². The third kappa shape index (κ3) is 5.63. The van der Waals surface area contributed by atoms with Gasteiger partial charge in [-0.05, 0) is 0 Å². The number of hydrogen-bond acceptors (Lipinski definition) is 10. The molecule has 1 rings (SSSR count). The molecule has 22 heavy (non-hydrogen) atoms. The summed E-state index contributed by atoms with van der Waals surface area (Å²) in [6.07, 6.45) is -6.84. The molecular weight excluding hydrogens is 308 g/mol. The molecule has 4 amide bonds. The molecule has 7 N–H and O–H groups in total. The Morgan fingerprint density at radius 3 is 1.73 bits per heavy atom. The second kappa shape index (κ2) is 8.91. The maximum atomic E-state index is 10.3. The summed E-state index contributed by atoms with van der Waals surface area (Å²) >= 11 is 0. The number of rotatable bonds is 5. The zero-order valence-electron chi connectivity index (χ0n) is 10.9. The van der Waals surface area contributed by atoms with E-state index >= 15 is 0 Å². The second-order valence-corrected chi connectivity index (χ2v) is 3.92. The topological polar surface area (TPSA) is 211 Å². The van der Waals surface area contributed by atoms with Crippen LogP contribution in [0, 0.1) is 0 Å². The minimum absolute atomic E-state index is 0.0258. The van der Waals surface area contributed by atoms with Gasteiger partial charge in [0.25, 0.3) is 0 Å². The van der Waals surface area contributed by atoms with Gasteiger partial charge in [0.1, 0.15) is 24.4 Å². The second-order valence-electron chi connectivity index (χ2n) is 3.92. The molecule has 0 aromatic heterocycles. The van der Waals surface area contributed by atoms with Gasteiger partial charge in [-0.1, -0.05) is 0 Å². The molecule has 1 heterocycles. The van der Waals surface area contributed by atoms with Crippen LogP contribution >= 0.6 is 0 Å². The van der Waals surface area contributed by atoms with Gasteiger partial charge >= 0.3 is 23.6 Å². The van der Waals surface area contributed by atoms with Gasteiger partial charge in [0.05, 0.1) is 6.61 Å². The van der Waals surface area contributed by atoms with Crippen LogP contribution in [0.15, 0.2) is 0 Å². The van der Waals surface area contributed by atoms with Crippen LogP contribution in [0.3, 0.4) is 0 Å². The van der Waals surface area contributed by atoms with Crippen LogP contribution in [0.5, 0.6) is 0 Å². The molecule has 4 unspecified atom stereocenters. The predicted octanol–water partition coefficient (Wildman–Crippen LogP) is -5.46. The van der Waals surface area contributed by atoms with Crippen LogP contribution in [0.4, 0.5) is 4.79 Å². The van der Waals surface area contributed by atoms with E-state index in [1.807, 2.05) is 0 Å². The number of hydrogen-bond donors (Lipinski definition) is 7. The van der Waals surface area contributed by atoms with E-state index in [1.54, 1.807) is 10.6 Å². The third-order valence-electron chi connectivity index (χ3n) is 2.29. The fraction of sp³-hybridized carbons (Fsp3) is 0.500. The van der Waals surface area contributed by atoms with Gasteiger partial charge in [0, 0.05) is 0 Å². The number of aliphatic hydroxyl groups is 5. The SMILES string of the molecule is O=C1NC(=O)C(=O)C(=O)N1.O=CC(O)C(O)C(O)C(O)CO. The largest absolute Gasteiger partial charge is 0.394 e. The first-order valence-electron chi connectivity index (χ1n) is 5.64. The predicted molar refractivity (Wildman–Crippen MR) is 63.9 cm³/mol. The molecule has 4 atom stereocenters. The Hall–Kier alpha value is -2.25. The average molecular weight is 322 g/mol. The number of nitrogens with one attached hydrogen (secondary N) is 2. The molecule has 0 aromatic carbocycles. The number of ketones is 1. The van der Waals surface area contributed by atoms with E-state index in [9.17, 15) is 24.0 Å². The lowest BCUT2D eigenvalue weighted by Gasteiger charge is -2.22. The fourth-order valence-corrected chi connectivity index (χ4v) is 1.07. The maximum absolute atomic E-state index is 10.3. The molecule has 124 valence electrons. The van der Waals surface area contributed by atoms with E-state index in [-0.39, 0.29) is 6.29 Å². The first kappa shape index (κ1) is 19.8. The van der Waals surface area contributed by atoms with Crippen molar-refractivity contribution in [3.8, 4) is 0 Å². The van der Waals surface area contributed by atoms with E-state index in [1.165, 1.54) is 0 Å². The molecule has 1 aliphatic rings. The normalized spacial score (nSPS) is 19.9. The lowest BCUT2D eigenvalue weighted by Crippen LogP contribution is -2.56. The Labute approximate surface area is 122 Å². The monoisotopic (exact) mass is 322 g/mol. The third-order valence-corrected chi connectivity index (χ3v) is 2.29. The number of urea groups is 1. The summed E-state index contributed by atoms with van der Waals surface area (Å²) in [5.41, 5.74) is 0. The molecule has 0 bridgehead atoms. The Morgan fingerprint density at radius 1 is 0.909 bits per heavy atom. The number of carbonyl (C=O) groups excluding carboxylic acids is 5. The van der Waals surface area contributed by atoms with Gasteiger partial charge in [-0.3, -0.25) is 25.0 Å². The van der Waals surface area contributed by atoms with Gasteiger partial charge in [0.2, 0.25) is 0 Å². The van der Waals surface area contributed by atoms with E-state index in [2.05, 4.69) is 0 Å². The van der Waals surface area contributed by atoms with Gasteiger partial charge in [-0.2, -0.15) is 0 Å². The van der Waals surface area contributed by atoms with E-state index in [0.717, 1.165) is 0 Å². The number of aliphatic hydroxyl groups excluding tert-OH is 5. The molecule has 1 fully saturated rings. The standard InChI is InChI=1S/C6H12O6.C4H2N2O4/c7-1-3(9)5(11)6(12)4(10)2-8;7-1-2(8)5-4(10)6-3(1)9/h1,3-6,8-12H,2H2;(H2,5,6,8,9,10). The number of barbiturate groups is 1. The molecule has 0 saturated carbocycles. The van der Waals surface area contributed by atoms with Gasteiger partial charge < -0.3 is 30.3 Å². The Morgan fingerprint density at radius 2 is 1.36 bits per heavy atom. The van der Waals surface area contributed by atoms with Crippen molar-refractivity contribution in [3.63, 3.8) is 0 Å². The summed E-state index contributed by atoms with van der Waals surface area (Å²) in [6.45, 7) is -0.760. The minimum atomic E-state index is -1.79. The van der Waals surface area contributed by atoms with Crippen LogP contribution in [-0.4, -0.2) is 86.5 Å². The number of aldehydes is 1. The highest BCUT2D eigenvalue weighted by molar-refractivity contribution is 6.66. The molecule has 0 radical (unpaired) electrons. The number of carbonyl (C=O) groups is 5. The van der Waals surface area contributed by atoms with Gasteiger partial charge in [0.15, 0.2) is 6.29 Å². The maximum Gasteiger partial charge on any atom is 0.328 e. The fourth-order valence-electron chi connectivity index (χ4n) is 1.07. The van der Waals surface area contributed by atoms with E-state index in [0.29, 0.717) is 0 Å².